The van der Waals surface area contributed by atoms with Gasteiger partial charge in [0.05, 0.1) is 0 Å². The molecule has 4 rings (SSSR count). The second kappa shape index (κ2) is 8.23. The summed E-state index contributed by atoms with van der Waals surface area (Å²) < 4.78 is 0. The van der Waals surface area contributed by atoms with Gasteiger partial charge in [-0.3, -0.25) is 0 Å². The molecule has 0 saturated carbocycles. The van der Waals surface area contributed by atoms with E-state index in [0.717, 1.165) is 10.8 Å². The Balaban J connectivity index is 0.000000162. The maximum Gasteiger partial charge on any atom is 2.00 e. The van der Waals surface area contributed by atoms with E-state index in [1.807, 2.05) is 60.7 Å². The van der Waals surface area contributed by atoms with Crippen molar-refractivity contribution in [3.63, 3.8) is 0 Å². The fourth-order valence-corrected chi connectivity index (χ4v) is 2.36. The summed E-state index contributed by atoms with van der Waals surface area (Å²) in [5, 5.41) is 7.70. The summed E-state index contributed by atoms with van der Waals surface area (Å²) in [6, 6.07) is 30.9. The zero-order chi connectivity index (χ0) is 15.2. The van der Waals surface area contributed by atoms with Gasteiger partial charge in [-0.15, -0.1) is 47.2 Å². The second-order valence-corrected chi connectivity index (χ2v) is 4.86. The van der Waals surface area contributed by atoms with Gasteiger partial charge in [0, 0.05) is 11.1 Å². The van der Waals surface area contributed by atoms with E-state index in [1.54, 1.807) is 6.07 Å². The van der Waals surface area contributed by atoms with Crippen molar-refractivity contribution < 1.29 is 17.1 Å². The Labute approximate surface area is 146 Å². The molecule has 4 aromatic rings. The first-order valence-corrected chi connectivity index (χ1v) is 7.07. The number of hydrogen-bond donors (Lipinski definition) is 0. The van der Waals surface area contributed by atoms with E-state index in [-0.39, 0.29) is 17.1 Å². The summed E-state index contributed by atoms with van der Waals surface area (Å²) in [4.78, 5) is 0. The number of benzene rings is 4. The van der Waals surface area contributed by atoms with Crippen molar-refractivity contribution in [3.8, 4) is 0 Å². The van der Waals surface area contributed by atoms with Crippen LogP contribution in [0.3, 0.4) is 0 Å². The Bertz CT molecular complexity index is 848. The summed E-state index contributed by atoms with van der Waals surface area (Å²) in [7, 11) is 0. The molecule has 0 spiro atoms. The summed E-state index contributed by atoms with van der Waals surface area (Å²) in [6.45, 7) is 0. The maximum atomic E-state index is 8.66. The molecule has 2 nitrogen and oxygen atoms in total. The quantitative estimate of drug-likeness (QED) is 0.226. The molecule has 0 amide bonds. The average Bonchev–Trinajstić information content (AvgIpc) is 2.62. The van der Waals surface area contributed by atoms with Crippen LogP contribution in [0.15, 0.2) is 90.0 Å². The molecule has 0 atom stereocenters. The molecule has 0 saturated heterocycles. The smallest absolute Gasteiger partial charge is 0.706 e. The van der Waals surface area contributed by atoms with Gasteiger partial charge >= 0.3 is 17.1 Å². The molecule has 23 heavy (non-hydrogen) atoms. The van der Waals surface area contributed by atoms with Crippen LogP contribution in [0, 0.1) is 6.07 Å². The predicted molar refractivity (Wildman–Crippen MR) is 92.2 cm³/mol. The van der Waals surface area contributed by atoms with Crippen molar-refractivity contribution in [2.45, 2.75) is 0 Å². The number of fused-ring (bicyclic) bond motifs is 2. The molecule has 0 fully saturated rings. The zero-order valence-electron chi connectivity index (χ0n) is 12.3. The predicted octanol–water partition coefficient (Wildman–Crippen LogP) is 6.13. The molecule has 0 N–H and O–H groups in total. The first kappa shape index (κ1) is 16.9. The number of nitrogens with zero attached hydrogens (tertiary/aromatic N) is 2. The van der Waals surface area contributed by atoms with Crippen molar-refractivity contribution in [2.75, 3.05) is 0 Å². The van der Waals surface area contributed by atoms with Gasteiger partial charge in [0.2, 0.25) is 0 Å². The molecule has 4 aromatic carbocycles. The van der Waals surface area contributed by atoms with Crippen LogP contribution in [0.1, 0.15) is 0 Å². The van der Waals surface area contributed by atoms with Crippen LogP contribution in [-0.2, 0) is 17.1 Å². The first-order chi connectivity index (χ1) is 10.9. The minimum atomic E-state index is 0. The van der Waals surface area contributed by atoms with Crippen LogP contribution >= 0.6 is 0 Å². The Morgan fingerprint density at radius 1 is 0.696 bits per heavy atom. The van der Waals surface area contributed by atoms with Gasteiger partial charge in [0.1, 0.15) is 0 Å². The third-order valence-corrected chi connectivity index (χ3v) is 3.45. The van der Waals surface area contributed by atoms with Gasteiger partial charge in [0.25, 0.3) is 0 Å². The minimum Gasteiger partial charge on any atom is -0.706 e. The standard InChI is InChI=1S/C10H7N2.C10H7.Cu/c11-12-10-7-3-5-8-4-1-2-6-9(8)10;1-2-6-10-8-4-3-7-9(10)5-1;/h1-7H;1-7H;/q2*-1;+2. The van der Waals surface area contributed by atoms with E-state index in [9.17, 15) is 0 Å². The summed E-state index contributed by atoms with van der Waals surface area (Å²) in [5.41, 5.74) is 9.28. The third kappa shape index (κ3) is 4.04. The van der Waals surface area contributed by atoms with Crippen LogP contribution in [0.25, 0.3) is 27.1 Å². The molecule has 0 aliphatic heterocycles. The average molecular weight is 346 g/mol. The Kier molecular flexibility index (Phi) is 6.04. The van der Waals surface area contributed by atoms with Gasteiger partial charge in [-0.2, -0.15) is 0 Å². The van der Waals surface area contributed by atoms with Crippen LogP contribution in [0.5, 0.6) is 0 Å². The van der Waals surface area contributed by atoms with E-state index in [0.29, 0.717) is 5.69 Å². The SMILES string of the molecule is [Cu+2].[N-]=Nc1cccc2ccccc12.[c-]1cccc2ccccc12. The largest absolute Gasteiger partial charge is 2.00 e. The molecule has 0 bridgehead atoms. The normalized spacial score (nSPS) is 9.57. The molecule has 0 heterocycles. The van der Waals surface area contributed by atoms with E-state index >= 15 is 0 Å². The van der Waals surface area contributed by atoms with Gasteiger partial charge in [0.15, 0.2) is 0 Å². The van der Waals surface area contributed by atoms with Crippen molar-refractivity contribution in [3.05, 3.63) is 96.5 Å². The number of rotatable bonds is 1. The van der Waals surface area contributed by atoms with Gasteiger partial charge < -0.3 is 10.6 Å². The molecule has 0 aliphatic rings. The molecular formula is C20H14CuN2. The van der Waals surface area contributed by atoms with Crippen LogP contribution in [0.2, 0.25) is 0 Å². The topological polar surface area (TPSA) is 34.7 Å². The molecule has 0 unspecified atom stereocenters. The van der Waals surface area contributed by atoms with Gasteiger partial charge in [-0.1, -0.05) is 48.5 Å². The van der Waals surface area contributed by atoms with Gasteiger partial charge in [-0.25, -0.2) is 0 Å². The second-order valence-electron chi connectivity index (χ2n) is 4.86. The van der Waals surface area contributed by atoms with Gasteiger partial charge in [-0.05, 0) is 11.5 Å². The third-order valence-electron chi connectivity index (χ3n) is 3.45. The monoisotopic (exact) mass is 345 g/mol. The fourth-order valence-electron chi connectivity index (χ4n) is 2.36. The van der Waals surface area contributed by atoms with Crippen LogP contribution in [-0.4, -0.2) is 0 Å². The van der Waals surface area contributed by atoms with Crippen molar-refractivity contribution in [1.29, 1.82) is 0 Å². The van der Waals surface area contributed by atoms with Crippen LogP contribution < -0.4 is 0 Å². The molecule has 115 valence electrons. The van der Waals surface area contributed by atoms with Crippen LogP contribution in [0.4, 0.5) is 5.69 Å². The van der Waals surface area contributed by atoms with E-state index < -0.39 is 0 Å². The van der Waals surface area contributed by atoms with E-state index in [1.165, 1.54) is 10.8 Å². The summed E-state index contributed by atoms with van der Waals surface area (Å²) >= 11 is 0. The number of hydrogen-bond acceptors (Lipinski definition) is 1. The Morgan fingerprint density at radius 3 is 2.13 bits per heavy atom. The summed E-state index contributed by atoms with van der Waals surface area (Å²) in [6.07, 6.45) is 0. The van der Waals surface area contributed by atoms with Crippen molar-refractivity contribution in [1.82, 2.24) is 0 Å². The molecular weight excluding hydrogens is 332 g/mol. The maximum absolute atomic E-state index is 8.66. The summed E-state index contributed by atoms with van der Waals surface area (Å²) in [5.74, 6) is 0. The molecule has 1 radical (unpaired) electrons. The first-order valence-electron chi connectivity index (χ1n) is 7.07. The minimum absolute atomic E-state index is 0. The zero-order valence-corrected chi connectivity index (χ0v) is 13.2. The molecule has 0 aliphatic carbocycles. The Hall–Kier alpha value is -2.48. The molecule has 0 aromatic heterocycles. The van der Waals surface area contributed by atoms with Crippen molar-refractivity contribution >= 4 is 27.2 Å². The fraction of sp³-hybridized carbons (Fsp3) is 0. The molecule has 3 heteroatoms. The van der Waals surface area contributed by atoms with Crippen molar-refractivity contribution in [2.24, 2.45) is 5.11 Å². The van der Waals surface area contributed by atoms with E-state index in [2.05, 4.69) is 29.4 Å². The van der Waals surface area contributed by atoms with E-state index in [4.69, 9.17) is 5.53 Å². The Morgan fingerprint density at radius 2 is 1.35 bits per heavy atom.